The lowest BCUT2D eigenvalue weighted by Crippen LogP contribution is -2.40. The van der Waals surface area contributed by atoms with Gasteiger partial charge >= 0.3 is 0 Å². The molecule has 1 aliphatic rings. The van der Waals surface area contributed by atoms with Gasteiger partial charge in [0, 0.05) is 50.0 Å². The fourth-order valence-electron chi connectivity index (χ4n) is 3.53. The second-order valence-electron chi connectivity index (χ2n) is 7.09. The van der Waals surface area contributed by atoms with Crippen molar-refractivity contribution in [3.05, 3.63) is 66.4 Å². The van der Waals surface area contributed by atoms with Gasteiger partial charge in [-0.05, 0) is 49.6 Å². The number of amides is 1. The van der Waals surface area contributed by atoms with Crippen LogP contribution in [0.25, 0.3) is 11.6 Å². The van der Waals surface area contributed by atoms with Gasteiger partial charge in [0.15, 0.2) is 11.6 Å². The van der Waals surface area contributed by atoms with Gasteiger partial charge in [0.25, 0.3) is 5.91 Å². The van der Waals surface area contributed by atoms with Crippen LogP contribution in [0.1, 0.15) is 28.8 Å². The summed E-state index contributed by atoms with van der Waals surface area (Å²) >= 11 is 0. The average Bonchev–Trinajstić information content (AvgIpc) is 3.28. The lowest BCUT2D eigenvalue weighted by atomic mass is 9.97. The molecule has 3 aromatic heterocycles. The number of carbonyl (C=O) groups excluding carboxylic acids is 1. The zero-order valence-electron chi connectivity index (χ0n) is 15.6. The molecule has 1 aliphatic heterocycles. The molecule has 0 saturated carbocycles. The molecule has 4 rings (SSSR count). The Bertz CT molecular complexity index is 881. The van der Waals surface area contributed by atoms with Crippen molar-refractivity contribution < 1.29 is 9.21 Å². The number of nitrogens with one attached hydrogen (secondary N) is 1. The Morgan fingerprint density at radius 1 is 1.21 bits per heavy atom. The molecular formula is C21H23N5O2. The average molecular weight is 377 g/mol. The molecule has 1 amide bonds. The maximum Gasteiger partial charge on any atom is 0.252 e. The largest absolute Gasteiger partial charge is 0.461 e. The van der Waals surface area contributed by atoms with Crippen LogP contribution in [0.15, 0.2) is 59.7 Å². The maximum absolute atomic E-state index is 12.2. The van der Waals surface area contributed by atoms with E-state index in [-0.39, 0.29) is 5.91 Å². The fourth-order valence-corrected chi connectivity index (χ4v) is 3.53. The van der Waals surface area contributed by atoms with Crippen LogP contribution in [0.4, 0.5) is 0 Å². The summed E-state index contributed by atoms with van der Waals surface area (Å²) in [6, 6.07) is 7.23. The molecule has 1 fully saturated rings. The van der Waals surface area contributed by atoms with Gasteiger partial charge in [0.1, 0.15) is 0 Å². The second-order valence-corrected chi connectivity index (χ2v) is 7.09. The molecule has 1 N–H and O–H groups in total. The van der Waals surface area contributed by atoms with Crippen molar-refractivity contribution in [3.63, 3.8) is 0 Å². The third kappa shape index (κ3) is 4.61. The van der Waals surface area contributed by atoms with E-state index in [2.05, 4.69) is 25.2 Å². The summed E-state index contributed by atoms with van der Waals surface area (Å²) < 4.78 is 5.33. The zero-order valence-corrected chi connectivity index (χ0v) is 15.6. The van der Waals surface area contributed by atoms with Crippen LogP contribution >= 0.6 is 0 Å². The Morgan fingerprint density at radius 3 is 2.86 bits per heavy atom. The van der Waals surface area contributed by atoms with Crippen LogP contribution in [-0.4, -0.2) is 45.4 Å². The minimum absolute atomic E-state index is 0.0628. The van der Waals surface area contributed by atoms with E-state index in [1.54, 1.807) is 30.8 Å². The number of carbonyl (C=O) groups is 1. The van der Waals surface area contributed by atoms with Crippen molar-refractivity contribution in [3.8, 4) is 11.6 Å². The molecule has 1 saturated heterocycles. The van der Waals surface area contributed by atoms with Gasteiger partial charge in [-0.1, -0.05) is 0 Å². The Balaban J connectivity index is 1.28. The smallest absolute Gasteiger partial charge is 0.252 e. The monoisotopic (exact) mass is 377 g/mol. The Morgan fingerprint density at radius 2 is 2.11 bits per heavy atom. The van der Waals surface area contributed by atoms with E-state index in [9.17, 15) is 4.79 Å². The summed E-state index contributed by atoms with van der Waals surface area (Å²) in [5.41, 5.74) is 1.68. The topological polar surface area (TPSA) is 84.2 Å². The molecule has 0 spiro atoms. The third-order valence-electron chi connectivity index (χ3n) is 4.93. The quantitative estimate of drug-likeness (QED) is 0.711. The van der Waals surface area contributed by atoms with Crippen molar-refractivity contribution in [2.24, 2.45) is 5.92 Å². The first-order valence-corrected chi connectivity index (χ1v) is 9.53. The Kier molecular flexibility index (Phi) is 5.72. The Labute approximate surface area is 163 Å². The number of hydrogen-bond acceptors (Lipinski definition) is 6. The Hall–Kier alpha value is -3.06. The molecule has 4 heterocycles. The van der Waals surface area contributed by atoms with E-state index < -0.39 is 0 Å². The van der Waals surface area contributed by atoms with Gasteiger partial charge in [-0.2, -0.15) is 0 Å². The first kappa shape index (κ1) is 18.3. The number of nitrogens with zero attached hydrogens (tertiary/aromatic N) is 4. The molecule has 144 valence electrons. The van der Waals surface area contributed by atoms with Gasteiger partial charge in [-0.15, -0.1) is 0 Å². The normalized spacial score (nSPS) is 17.4. The van der Waals surface area contributed by atoms with Gasteiger partial charge in [-0.25, -0.2) is 9.97 Å². The van der Waals surface area contributed by atoms with E-state index >= 15 is 0 Å². The van der Waals surface area contributed by atoms with Gasteiger partial charge in [0.05, 0.1) is 11.8 Å². The number of rotatable bonds is 6. The van der Waals surface area contributed by atoms with Gasteiger partial charge < -0.3 is 9.73 Å². The molecule has 3 aromatic rings. The predicted molar refractivity (Wildman–Crippen MR) is 104 cm³/mol. The summed E-state index contributed by atoms with van der Waals surface area (Å²) in [4.78, 5) is 27.4. The van der Waals surface area contributed by atoms with Crippen molar-refractivity contribution in [2.75, 3.05) is 19.6 Å². The highest BCUT2D eigenvalue weighted by Gasteiger charge is 2.21. The molecule has 0 unspecified atom stereocenters. The first-order valence-electron chi connectivity index (χ1n) is 9.53. The van der Waals surface area contributed by atoms with E-state index in [1.165, 1.54) is 0 Å². The standard InChI is InChI=1S/C21H23N5O2/c27-21(18-5-1-7-22-13-18)25-10-16-4-2-8-26(14-16)15-17-11-23-20(24-12-17)19-6-3-9-28-19/h1,3,5-7,9,11-13,16H,2,4,8,10,14-15H2,(H,25,27)/t16-/m0/s1. The zero-order chi connectivity index (χ0) is 19.2. The van der Waals surface area contributed by atoms with Gasteiger partial charge in [-0.3, -0.25) is 14.7 Å². The molecule has 0 radical (unpaired) electrons. The lowest BCUT2D eigenvalue weighted by Gasteiger charge is -2.32. The van der Waals surface area contributed by atoms with Crippen LogP contribution in [-0.2, 0) is 6.54 Å². The van der Waals surface area contributed by atoms with Crippen molar-refractivity contribution in [1.82, 2.24) is 25.2 Å². The molecule has 0 aromatic carbocycles. The number of hydrogen-bond donors (Lipinski definition) is 1. The van der Waals surface area contributed by atoms with Crippen LogP contribution < -0.4 is 5.32 Å². The molecule has 0 aliphatic carbocycles. The van der Waals surface area contributed by atoms with Crippen LogP contribution in [0.5, 0.6) is 0 Å². The first-order chi connectivity index (χ1) is 13.8. The summed E-state index contributed by atoms with van der Waals surface area (Å²) in [7, 11) is 0. The highest BCUT2D eigenvalue weighted by atomic mass is 16.3. The minimum atomic E-state index is -0.0628. The van der Waals surface area contributed by atoms with E-state index in [1.807, 2.05) is 24.5 Å². The summed E-state index contributed by atoms with van der Waals surface area (Å²) in [5.74, 6) is 1.65. The maximum atomic E-state index is 12.2. The SMILES string of the molecule is O=C(NC[C@@H]1CCCN(Cc2cnc(-c3ccco3)nc2)C1)c1cccnc1. The van der Waals surface area contributed by atoms with Crippen molar-refractivity contribution in [1.29, 1.82) is 0 Å². The van der Waals surface area contributed by atoms with Crippen LogP contribution in [0, 0.1) is 5.92 Å². The number of piperidine rings is 1. The van der Waals surface area contributed by atoms with E-state index in [0.717, 1.165) is 38.0 Å². The number of aromatic nitrogens is 3. The molecular weight excluding hydrogens is 354 g/mol. The summed E-state index contributed by atoms with van der Waals surface area (Å²) in [5, 5.41) is 3.04. The summed E-state index contributed by atoms with van der Waals surface area (Å²) in [6.07, 6.45) is 10.8. The van der Waals surface area contributed by atoms with Crippen LogP contribution in [0.3, 0.4) is 0 Å². The fraction of sp³-hybridized carbons (Fsp3) is 0.333. The molecule has 7 heteroatoms. The van der Waals surface area contributed by atoms with Crippen LogP contribution in [0.2, 0.25) is 0 Å². The number of furan rings is 1. The highest BCUT2D eigenvalue weighted by Crippen LogP contribution is 2.19. The number of pyridine rings is 1. The van der Waals surface area contributed by atoms with Crippen molar-refractivity contribution in [2.45, 2.75) is 19.4 Å². The molecule has 28 heavy (non-hydrogen) atoms. The van der Waals surface area contributed by atoms with E-state index in [0.29, 0.717) is 29.6 Å². The highest BCUT2D eigenvalue weighted by molar-refractivity contribution is 5.93. The molecule has 1 atom stereocenters. The van der Waals surface area contributed by atoms with Crippen molar-refractivity contribution >= 4 is 5.91 Å². The minimum Gasteiger partial charge on any atom is -0.461 e. The summed E-state index contributed by atoms with van der Waals surface area (Å²) in [6.45, 7) is 3.49. The van der Waals surface area contributed by atoms with E-state index in [4.69, 9.17) is 4.42 Å². The molecule has 7 nitrogen and oxygen atoms in total. The van der Waals surface area contributed by atoms with Gasteiger partial charge in [0.2, 0.25) is 0 Å². The predicted octanol–water partition coefficient (Wildman–Crippen LogP) is 2.77. The second kappa shape index (κ2) is 8.75. The molecule has 0 bridgehead atoms. The lowest BCUT2D eigenvalue weighted by molar-refractivity contribution is 0.0930. The third-order valence-corrected chi connectivity index (χ3v) is 4.93. The number of likely N-dealkylation sites (tertiary alicyclic amines) is 1.